The van der Waals surface area contributed by atoms with Crippen LogP contribution in [0.25, 0.3) is 10.9 Å². The summed E-state index contributed by atoms with van der Waals surface area (Å²) in [6, 6.07) is 15.1. The molecule has 0 bridgehead atoms. The van der Waals surface area contributed by atoms with Crippen LogP contribution >= 0.6 is 0 Å². The van der Waals surface area contributed by atoms with Gasteiger partial charge in [-0.2, -0.15) is 0 Å². The molecule has 0 aliphatic rings. The van der Waals surface area contributed by atoms with E-state index in [9.17, 15) is 8.42 Å². The van der Waals surface area contributed by atoms with E-state index in [1.807, 2.05) is 42.5 Å². The van der Waals surface area contributed by atoms with Crippen molar-refractivity contribution in [3.05, 3.63) is 60.3 Å². The van der Waals surface area contributed by atoms with Crippen LogP contribution in [0.1, 0.15) is 5.56 Å². The summed E-state index contributed by atoms with van der Waals surface area (Å²) >= 11 is 0. The Morgan fingerprint density at radius 1 is 1.14 bits per heavy atom. The molecule has 2 aromatic carbocycles. The molecule has 0 radical (unpaired) electrons. The normalized spacial score (nSPS) is 11.7. The smallest absolute Gasteiger partial charge is 0.240 e. The molecular weight excluding hydrogens is 300 g/mol. The predicted molar refractivity (Wildman–Crippen MR) is 85.1 cm³/mol. The fourth-order valence-corrected chi connectivity index (χ4v) is 3.17. The quantitative estimate of drug-likeness (QED) is 0.803. The van der Waals surface area contributed by atoms with Gasteiger partial charge in [0.2, 0.25) is 10.0 Å². The Balaban J connectivity index is 1.95. The van der Waals surface area contributed by atoms with Crippen LogP contribution in [0, 0.1) is 0 Å². The van der Waals surface area contributed by atoms with E-state index in [0.717, 1.165) is 11.1 Å². The van der Waals surface area contributed by atoms with Crippen molar-refractivity contribution in [3.63, 3.8) is 0 Å². The van der Waals surface area contributed by atoms with E-state index in [2.05, 4.69) is 0 Å². The van der Waals surface area contributed by atoms with Gasteiger partial charge in [0.15, 0.2) is 0 Å². The Hall–Kier alpha value is -2.31. The van der Waals surface area contributed by atoms with Gasteiger partial charge in [-0.25, -0.2) is 13.6 Å². The van der Waals surface area contributed by atoms with Crippen LogP contribution in [0.2, 0.25) is 0 Å². The fraction of sp³-hybridized carbons (Fsp3) is 0.125. The van der Waals surface area contributed by atoms with E-state index < -0.39 is 10.0 Å². The summed E-state index contributed by atoms with van der Waals surface area (Å²) in [6.45, 7) is 0.421. The number of ether oxygens (including phenoxy) is 1. The minimum Gasteiger partial charge on any atom is -0.489 e. The molecule has 0 saturated carbocycles. The van der Waals surface area contributed by atoms with Crippen molar-refractivity contribution in [1.29, 1.82) is 0 Å². The van der Waals surface area contributed by atoms with Gasteiger partial charge < -0.3 is 9.30 Å². The first-order valence-corrected chi connectivity index (χ1v) is 8.28. The maximum atomic E-state index is 11.7. The molecule has 114 valence electrons. The van der Waals surface area contributed by atoms with Gasteiger partial charge in [0.25, 0.3) is 0 Å². The molecule has 5 nitrogen and oxygen atoms in total. The largest absolute Gasteiger partial charge is 0.489 e. The minimum absolute atomic E-state index is 0.107. The second-order valence-corrected chi connectivity index (χ2v) is 6.63. The lowest BCUT2D eigenvalue weighted by atomic mass is 10.2. The first-order chi connectivity index (χ1) is 10.4. The van der Waals surface area contributed by atoms with Crippen molar-refractivity contribution in [2.45, 2.75) is 11.5 Å². The molecule has 0 fully saturated rings. The predicted octanol–water partition coefficient (Wildman–Crippen LogP) is 2.40. The number of rotatable bonds is 4. The summed E-state index contributed by atoms with van der Waals surface area (Å²) in [5.41, 5.74) is 1.83. The molecule has 0 aliphatic carbocycles. The van der Waals surface area contributed by atoms with Crippen molar-refractivity contribution in [3.8, 4) is 5.75 Å². The van der Waals surface area contributed by atoms with E-state index >= 15 is 0 Å². The van der Waals surface area contributed by atoms with Crippen molar-refractivity contribution in [2.75, 3.05) is 0 Å². The highest BCUT2D eigenvalue weighted by atomic mass is 32.2. The van der Waals surface area contributed by atoms with Gasteiger partial charge in [0, 0.05) is 24.1 Å². The van der Waals surface area contributed by atoms with Crippen LogP contribution in [0.15, 0.2) is 59.6 Å². The number of fused-ring (bicyclic) bond motifs is 1. The number of hydrogen-bond acceptors (Lipinski definition) is 3. The van der Waals surface area contributed by atoms with E-state index in [0.29, 0.717) is 17.7 Å². The molecule has 0 aliphatic heterocycles. The molecule has 1 heterocycles. The van der Waals surface area contributed by atoms with Crippen LogP contribution in [-0.2, 0) is 23.7 Å². The third-order valence-electron chi connectivity index (χ3n) is 3.48. The standard InChI is InChI=1S/C16H16N2O3S/c1-18-10-16(22(17,19)20)14-9-13(7-8-15(14)18)21-11-12-5-3-2-4-6-12/h2-10H,11H2,1H3,(H2,17,19,20). The Kier molecular flexibility index (Phi) is 3.64. The Morgan fingerprint density at radius 2 is 1.86 bits per heavy atom. The van der Waals surface area contributed by atoms with E-state index in [-0.39, 0.29) is 4.90 Å². The SMILES string of the molecule is Cn1cc(S(N)(=O)=O)c2cc(OCc3ccccc3)ccc21. The molecule has 22 heavy (non-hydrogen) atoms. The van der Waals surface area contributed by atoms with Gasteiger partial charge in [0.1, 0.15) is 17.3 Å². The van der Waals surface area contributed by atoms with Crippen molar-refractivity contribution >= 4 is 20.9 Å². The van der Waals surface area contributed by atoms with Crippen LogP contribution < -0.4 is 9.88 Å². The van der Waals surface area contributed by atoms with Gasteiger partial charge in [0.05, 0.1) is 0 Å². The highest BCUT2D eigenvalue weighted by Gasteiger charge is 2.16. The Bertz CT molecular complexity index is 915. The second kappa shape index (κ2) is 5.47. The molecule has 0 amide bonds. The first kappa shape index (κ1) is 14.6. The number of benzene rings is 2. The summed E-state index contributed by atoms with van der Waals surface area (Å²) in [5.74, 6) is 0.604. The van der Waals surface area contributed by atoms with E-state index in [1.165, 1.54) is 6.20 Å². The number of primary sulfonamides is 1. The molecule has 6 heteroatoms. The third kappa shape index (κ3) is 2.84. The molecule has 3 rings (SSSR count). The monoisotopic (exact) mass is 316 g/mol. The second-order valence-electron chi connectivity index (χ2n) is 5.10. The maximum Gasteiger partial charge on any atom is 0.240 e. The Labute approximate surface area is 129 Å². The van der Waals surface area contributed by atoms with Gasteiger partial charge in [-0.1, -0.05) is 30.3 Å². The van der Waals surface area contributed by atoms with Gasteiger partial charge in [-0.3, -0.25) is 0 Å². The van der Waals surface area contributed by atoms with Crippen LogP contribution in [0.4, 0.5) is 0 Å². The van der Waals surface area contributed by atoms with Crippen molar-refractivity contribution in [1.82, 2.24) is 4.57 Å². The summed E-state index contributed by atoms with van der Waals surface area (Å²) in [4.78, 5) is 0.107. The molecule has 0 spiro atoms. The third-order valence-corrected chi connectivity index (χ3v) is 4.42. The van der Waals surface area contributed by atoms with Gasteiger partial charge in [-0.15, -0.1) is 0 Å². The fourth-order valence-electron chi connectivity index (χ4n) is 2.39. The highest BCUT2D eigenvalue weighted by molar-refractivity contribution is 7.89. The molecule has 1 aromatic heterocycles. The average Bonchev–Trinajstić information content (AvgIpc) is 2.83. The number of aromatic nitrogens is 1. The van der Waals surface area contributed by atoms with Crippen LogP contribution in [0.5, 0.6) is 5.75 Å². The number of hydrogen-bond donors (Lipinski definition) is 1. The summed E-state index contributed by atoms with van der Waals surface area (Å²) in [5, 5.41) is 5.83. The minimum atomic E-state index is -3.77. The lowest BCUT2D eigenvalue weighted by molar-refractivity contribution is 0.306. The van der Waals surface area contributed by atoms with Gasteiger partial charge in [-0.05, 0) is 23.8 Å². The van der Waals surface area contributed by atoms with Crippen molar-refractivity contribution in [2.24, 2.45) is 12.2 Å². The molecule has 0 unspecified atom stereocenters. The molecule has 2 N–H and O–H groups in total. The molecule has 3 aromatic rings. The number of nitrogens with two attached hydrogens (primary N) is 1. The van der Waals surface area contributed by atoms with E-state index in [1.54, 1.807) is 17.7 Å². The zero-order valence-electron chi connectivity index (χ0n) is 12.1. The molecular formula is C16H16N2O3S. The molecule has 0 saturated heterocycles. The first-order valence-electron chi connectivity index (χ1n) is 6.74. The topological polar surface area (TPSA) is 74.3 Å². The zero-order valence-corrected chi connectivity index (χ0v) is 12.9. The highest BCUT2D eigenvalue weighted by Crippen LogP contribution is 2.28. The van der Waals surface area contributed by atoms with Gasteiger partial charge >= 0.3 is 0 Å². The van der Waals surface area contributed by atoms with E-state index in [4.69, 9.17) is 9.88 Å². The number of nitrogens with zero attached hydrogens (tertiary/aromatic N) is 1. The van der Waals surface area contributed by atoms with Crippen LogP contribution in [0.3, 0.4) is 0 Å². The van der Waals surface area contributed by atoms with Crippen molar-refractivity contribution < 1.29 is 13.2 Å². The zero-order chi connectivity index (χ0) is 15.7. The van der Waals surface area contributed by atoms with Crippen LogP contribution in [-0.4, -0.2) is 13.0 Å². The average molecular weight is 316 g/mol. The number of aryl methyl sites for hydroxylation is 1. The lowest BCUT2D eigenvalue weighted by Gasteiger charge is -2.07. The summed E-state index contributed by atoms with van der Waals surface area (Å²) in [7, 11) is -1.99. The summed E-state index contributed by atoms with van der Waals surface area (Å²) < 4.78 is 30.8. The lowest BCUT2D eigenvalue weighted by Crippen LogP contribution is -2.11. The summed E-state index contributed by atoms with van der Waals surface area (Å²) in [6.07, 6.45) is 1.51. The Morgan fingerprint density at radius 3 is 2.55 bits per heavy atom. The number of sulfonamides is 1. The molecule has 0 atom stereocenters. The maximum absolute atomic E-state index is 11.7.